The minimum absolute atomic E-state index is 0.303. The molecule has 0 bridgehead atoms. The molecule has 4 nitrogen and oxygen atoms in total. The number of hydrogen-bond donors (Lipinski definition) is 0. The zero-order valence-electron chi connectivity index (χ0n) is 9.80. The van der Waals surface area contributed by atoms with Crippen LogP contribution in [0.1, 0.15) is 13.8 Å². The molecule has 0 aliphatic rings. The molecule has 1 aromatic rings. The first-order valence-corrected chi connectivity index (χ1v) is 6.64. The van der Waals surface area contributed by atoms with Gasteiger partial charge >= 0.3 is 0 Å². The second kappa shape index (κ2) is 5.32. The summed E-state index contributed by atoms with van der Waals surface area (Å²) in [5.74, 6) is 0.651. The molecule has 0 saturated heterocycles. The van der Waals surface area contributed by atoms with Crippen molar-refractivity contribution in [2.24, 2.45) is 0 Å². The minimum atomic E-state index is -3.35. The molecule has 0 fully saturated rings. The van der Waals surface area contributed by atoms with Gasteiger partial charge in [0.25, 0.3) is 0 Å². The molecule has 0 saturated carbocycles. The number of nitrogens with zero attached hydrogens (tertiary/aromatic N) is 1. The van der Waals surface area contributed by atoms with Crippen LogP contribution in [0.3, 0.4) is 0 Å². The van der Waals surface area contributed by atoms with Crippen LogP contribution in [0.4, 0.5) is 0 Å². The van der Waals surface area contributed by atoms with E-state index in [9.17, 15) is 8.42 Å². The Morgan fingerprint density at radius 1 is 1.12 bits per heavy atom. The Morgan fingerprint density at radius 2 is 1.62 bits per heavy atom. The highest BCUT2D eigenvalue weighted by Gasteiger charge is 2.20. The normalized spacial score (nSPS) is 11.8. The van der Waals surface area contributed by atoms with Gasteiger partial charge in [-0.25, -0.2) is 8.42 Å². The van der Waals surface area contributed by atoms with E-state index in [4.69, 9.17) is 4.74 Å². The van der Waals surface area contributed by atoms with E-state index in [0.717, 1.165) is 0 Å². The van der Waals surface area contributed by atoms with Crippen molar-refractivity contribution in [1.82, 2.24) is 4.31 Å². The Bertz CT molecular complexity index is 421. The van der Waals surface area contributed by atoms with Crippen LogP contribution in [0.5, 0.6) is 5.75 Å². The van der Waals surface area contributed by atoms with Gasteiger partial charge in [-0.3, -0.25) is 0 Å². The van der Waals surface area contributed by atoms with Crippen LogP contribution in [0, 0.1) is 0 Å². The lowest BCUT2D eigenvalue weighted by Gasteiger charge is -2.18. The first-order valence-electron chi connectivity index (χ1n) is 5.20. The lowest BCUT2D eigenvalue weighted by molar-refractivity contribution is 0.414. The Balaban J connectivity index is 3.07. The summed E-state index contributed by atoms with van der Waals surface area (Å²) in [5, 5.41) is 0. The SMILES string of the molecule is CCN(CC)S(=O)(=O)c1ccc(OC)cc1. The molecule has 0 unspecified atom stereocenters. The maximum atomic E-state index is 12.1. The smallest absolute Gasteiger partial charge is 0.243 e. The van der Waals surface area contributed by atoms with Gasteiger partial charge < -0.3 is 4.74 Å². The second-order valence-corrected chi connectivity index (χ2v) is 5.20. The zero-order chi connectivity index (χ0) is 12.2. The zero-order valence-corrected chi connectivity index (χ0v) is 10.6. The maximum absolute atomic E-state index is 12.1. The van der Waals surface area contributed by atoms with E-state index >= 15 is 0 Å². The molecule has 1 aromatic carbocycles. The molecule has 0 amide bonds. The highest BCUT2D eigenvalue weighted by molar-refractivity contribution is 7.89. The van der Waals surface area contributed by atoms with E-state index in [-0.39, 0.29) is 0 Å². The molecule has 0 aliphatic carbocycles. The first-order chi connectivity index (χ1) is 7.56. The molecule has 0 heterocycles. The molecule has 0 aliphatic heterocycles. The maximum Gasteiger partial charge on any atom is 0.243 e. The standard InChI is InChI=1S/C11H17NO3S/c1-4-12(5-2)16(13,14)11-8-6-10(15-3)7-9-11/h6-9H,4-5H2,1-3H3. The molecule has 0 atom stereocenters. The Morgan fingerprint density at radius 3 is 2.00 bits per heavy atom. The van der Waals surface area contributed by atoms with Crippen molar-refractivity contribution < 1.29 is 13.2 Å². The van der Waals surface area contributed by atoms with Gasteiger partial charge in [-0.1, -0.05) is 13.8 Å². The largest absolute Gasteiger partial charge is 0.497 e. The summed E-state index contributed by atoms with van der Waals surface area (Å²) in [5.41, 5.74) is 0. The van der Waals surface area contributed by atoms with E-state index in [1.54, 1.807) is 31.4 Å². The summed E-state index contributed by atoms with van der Waals surface area (Å²) in [6.45, 7) is 4.60. The van der Waals surface area contributed by atoms with Crippen LogP contribution in [0.15, 0.2) is 29.2 Å². The number of benzene rings is 1. The fourth-order valence-corrected chi connectivity index (χ4v) is 2.92. The van der Waals surface area contributed by atoms with E-state index in [1.165, 1.54) is 4.31 Å². The van der Waals surface area contributed by atoms with Gasteiger partial charge in [-0.2, -0.15) is 4.31 Å². The predicted octanol–water partition coefficient (Wildman–Crippen LogP) is 1.73. The predicted molar refractivity (Wildman–Crippen MR) is 63.1 cm³/mol. The third-order valence-corrected chi connectivity index (χ3v) is 4.47. The minimum Gasteiger partial charge on any atom is -0.497 e. The summed E-state index contributed by atoms with van der Waals surface area (Å²) in [6.07, 6.45) is 0. The van der Waals surface area contributed by atoms with Crippen molar-refractivity contribution >= 4 is 10.0 Å². The topological polar surface area (TPSA) is 46.6 Å². The molecule has 5 heteroatoms. The van der Waals surface area contributed by atoms with Crippen molar-refractivity contribution in [3.63, 3.8) is 0 Å². The Hall–Kier alpha value is -1.07. The lowest BCUT2D eigenvalue weighted by atomic mass is 10.3. The van der Waals surface area contributed by atoms with E-state index < -0.39 is 10.0 Å². The van der Waals surface area contributed by atoms with Crippen LogP contribution >= 0.6 is 0 Å². The summed E-state index contributed by atoms with van der Waals surface area (Å²) in [7, 11) is -1.80. The monoisotopic (exact) mass is 243 g/mol. The summed E-state index contributed by atoms with van der Waals surface area (Å²) < 4.78 is 30.6. The van der Waals surface area contributed by atoms with Crippen LogP contribution in [0.25, 0.3) is 0 Å². The van der Waals surface area contributed by atoms with E-state index in [1.807, 2.05) is 13.8 Å². The molecule has 0 N–H and O–H groups in total. The average molecular weight is 243 g/mol. The van der Waals surface area contributed by atoms with Gasteiger partial charge in [0.05, 0.1) is 12.0 Å². The van der Waals surface area contributed by atoms with Crippen molar-refractivity contribution in [3.8, 4) is 5.75 Å². The summed E-state index contributed by atoms with van der Waals surface area (Å²) in [6, 6.07) is 6.42. The van der Waals surface area contributed by atoms with Gasteiger partial charge in [0, 0.05) is 13.1 Å². The van der Waals surface area contributed by atoms with Crippen molar-refractivity contribution in [2.45, 2.75) is 18.7 Å². The van der Waals surface area contributed by atoms with Gasteiger partial charge in [0.2, 0.25) is 10.0 Å². The van der Waals surface area contributed by atoms with Gasteiger partial charge in [-0.05, 0) is 24.3 Å². The van der Waals surface area contributed by atoms with Crippen LogP contribution in [-0.4, -0.2) is 32.9 Å². The van der Waals surface area contributed by atoms with Crippen molar-refractivity contribution in [2.75, 3.05) is 20.2 Å². The fraction of sp³-hybridized carbons (Fsp3) is 0.455. The van der Waals surface area contributed by atoms with Gasteiger partial charge in [0.15, 0.2) is 0 Å². The molecule has 16 heavy (non-hydrogen) atoms. The number of ether oxygens (including phenoxy) is 1. The fourth-order valence-electron chi connectivity index (χ4n) is 1.46. The number of sulfonamides is 1. The lowest BCUT2D eigenvalue weighted by Crippen LogP contribution is -2.30. The number of rotatable bonds is 5. The molecule has 0 aromatic heterocycles. The highest BCUT2D eigenvalue weighted by atomic mass is 32.2. The molecule has 0 spiro atoms. The number of hydrogen-bond acceptors (Lipinski definition) is 3. The number of methoxy groups -OCH3 is 1. The first kappa shape index (κ1) is 13.0. The average Bonchev–Trinajstić information content (AvgIpc) is 2.30. The van der Waals surface area contributed by atoms with E-state index in [2.05, 4.69) is 0 Å². The van der Waals surface area contributed by atoms with Crippen LogP contribution < -0.4 is 4.74 Å². The molecular weight excluding hydrogens is 226 g/mol. The quantitative estimate of drug-likeness (QED) is 0.791. The summed E-state index contributed by atoms with van der Waals surface area (Å²) in [4.78, 5) is 0.303. The molecule has 90 valence electrons. The molecular formula is C11H17NO3S. The highest BCUT2D eigenvalue weighted by Crippen LogP contribution is 2.18. The molecule has 0 radical (unpaired) electrons. The molecule has 1 rings (SSSR count). The van der Waals surface area contributed by atoms with Crippen molar-refractivity contribution in [1.29, 1.82) is 0 Å². The third kappa shape index (κ3) is 2.54. The van der Waals surface area contributed by atoms with Crippen LogP contribution in [0.2, 0.25) is 0 Å². The van der Waals surface area contributed by atoms with Crippen molar-refractivity contribution in [3.05, 3.63) is 24.3 Å². The van der Waals surface area contributed by atoms with Gasteiger partial charge in [0.1, 0.15) is 5.75 Å². The van der Waals surface area contributed by atoms with Crippen LogP contribution in [-0.2, 0) is 10.0 Å². The summed E-state index contributed by atoms with van der Waals surface area (Å²) >= 11 is 0. The van der Waals surface area contributed by atoms with Gasteiger partial charge in [-0.15, -0.1) is 0 Å². The Kier molecular flexibility index (Phi) is 4.32. The Labute approximate surface area is 96.9 Å². The van der Waals surface area contributed by atoms with E-state index in [0.29, 0.717) is 23.7 Å². The second-order valence-electron chi connectivity index (χ2n) is 3.26. The third-order valence-electron chi connectivity index (χ3n) is 2.40.